The number of hydrogen-bond acceptors (Lipinski definition) is 7. The fourth-order valence-electron chi connectivity index (χ4n) is 2.04. The van der Waals surface area contributed by atoms with Crippen LogP contribution in [0.15, 0.2) is 53.3 Å². The van der Waals surface area contributed by atoms with Crippen LogP contribution in [0.25, 0.3) is 0 Å². The second kappa shape index (κ2) is 7.22. The van der Waals surface area contributed by atoms with E-state index < -0.39 is 4.92 Å². The lowest BCUT2D eigenvalue weighted by Crippen LogP contribution is -2.04. The molecule has 0 amide bonds. The first-order valence-corrected chi connectivity index (χ1v) is 7.96. The van der Waals surface area contributed by atoms with Crippen molar-refractivity contribution in [2.45, 2.75) is 6.92 Å². The van der Waals surface area contributed by atoms with Crippen LogP contribution in [0.3, 0.4) is 0 Å². The highest BCUT2D eigenvalue weighted by Crippen LogP contribution is 2.35. The van der Waals surface area contributed by atoms with Gasteiger partial charge in [-0.25, -0.2) is 9.97 Å². The summed E-state index contributed by atoms with van der Waals surface area (Å²) in [6.45, 7) is 1.82. The van der Waals surface area contributed by atoms with Crippen LogP contribution in [0.4, 0.5) is 17.3 Å². The van der Waals surface area contributed by atoms with Crippen LogP contribution in [-0.4, -0.2) is 19.9 Å². The van der Waals surface area contributed by atoms with Crippen molar-refractivity contribution in [1.82, 2.24) is 15.0 Å². The largest absolute Gasteiger partial charge is 0.434 e. The van der Waals surface area contributed by atoms with Crippen molar-refractivity contribution in [2.75, 3.05) is 5.32 Å². The third-order valence-corrected chi connectivity index (χ3v) is 3.66. The van der Waals surface area contributed by atoms with Crippen molar-refractivity contribution in [3.8, 4) is 11.6 Å². The summed E-state index contributed by atoms with van der Waals surface area (Å²) in [5.41, 5.74) is 0.404. The van der Waals surface area contributed by atoms with E-state index in [1.165, 1.54) is 6.33 Å². The average molecular weight is 402 g/mol. The molecule has 9 heteroatoms. The fraction of sp³-hybridized carbons (Fsp3) is 0.0625. The smallest absolute Gasteiger partial charge is 0.373 e. The molecule has 1 N–H and O–H groups in total. The first-order valence-electron chi connectivity index (χ1n) is 7.16. The molecule has 126 valence electrons. The van der Waals surface area contributed by atoms with E-state index in [9.17, 15) is 10.1 Å². The number of halogens is 1. The number of nitrogens with zero attached hydrogens (tertiary/aromatic N) is 4. The maximum Gasteiger partial charge on any atom is 0.373 e. The zero-order valence-corrected chi connectivity index (χ0v) is 14.6. The molecule has 8 nitrogen and oxygen atoms in total. The van der Waals surface area contributed by atoms with Crippen molar-refractivity contribution >= 4 is 33.3 Å². The predicted octanol–water partition coefficient (Wildman–Crippen LogP) is 4.39. The topological polar surface area (TPSA) is 103 Å². The van der Waals surface area contributed by atoms with E-state index in [0.29, 0.717) is 11.6 Å². The van der Waals surface area contributed by atoms with Crippen LogP contribution >= 0.6 is 15.9 Å². The summed E-state index contributed by atoms with van der Waals surface area (Å²) < 4.78 is 6.42. The molecule has 0 fully saturated rings. The Morgan fingerprint density at radius 1 is 1.16 bits per heavy atom. The summed E-state index contributed by atoms with van der Waals surface area (Å²) >= 11 is 3.32. The number of rotatable bonds is 5. The highest BCUT2D eigenvalue weighted by Gasteiger charge is 2.25. The number of nitro groups is 1. The minimum absolute atomic E-state index is 0.00483. The second-order valence-electron chi connectivity index (χ2n) is 4.98. The summed E-state index contributed by atoms with van der Waals surface area (Å²) in [4.78, 5) is 23.0. The summed E-state index contributed by atoms with van der Waals surface area (Å²) in [6.07, 6.45) is 1.19. The third-order valence-electron chi connectivity index (χ3n) is 3.13. The number of benzene rings is 1. The van der Waals surface area contributed by atoms with Gasteiger partial charge < -0.3 is 10.1 Å². The van der Waals surface area contributed by atoms with Gasteiger partial charge in [0.25, 0.3) is 0 Å². The monoisotopic (exact) mass is 401 g/mol. The van der Waals surface area contributed by atoms with Crippen LogP contribution in [0, 0.1) is 17.0 Å². The Balaban J connectivity index is 1.96. The maximum atomic E-state index is 11.5. The predicted molar refractivity (Wildman–Crippen MR) is 95.2 cm³/mol. The number of anilines is 2. The molecule has 0 radical (unpaired) electrons. The van der Waals surface area contributed by atoms with Crippen molar-refractivity contribution < 1.29 is 9.66 Å². The maximum absolute atomic E-state index is 11.5. The van der Waals surface area contributed by atoms with Crippen molar-refractivity contribution in [3.05, 3.63) is 69.1 Å². The highest BCUT2D eigenvalue weighted by molar-refractivity contribution is 9.10. The number of pyridine rings is 1. The van der Waals surface area contributed by atoms with Crippen LogP contribution < -0.4 is 10.1 Å². The average Bonchev–Trinajstić information content (AvgIpc) is 2.57. The highest BCUT2D eigenvalue weighted by atomic mass is 79.9. The molecule has 2 heterocycles. The molecule has 0 unspecified atom stereocenters. The quantitative estimate of drug-likeness (QED) is 0.499. The number of aromatic nitrogens is 3. The van der Waals surface area contributed by atoms with Crippen molar-refractivity contribution in [2.24, 2.45) is 0 Å². The molecule has 0 aliphatic carbocycles. The lowest BCUT2D eigenvalue weighted by atomic mass is 10.3. The van der Waals surface area contributed by atoms with E-state index in [0.717, 1.165) is 10.2 Å². The summed E-state index contributed by atoms with van der Waals surface area (Å²) in [5.74, 6) is 0.712. The Kier molecular flexibility index (Phi) is 4.85. The Bertz CT molecular complexity index is 918. The molecule has 0 spiro atoms. The molecule has 0 bridgehead atoms. The van der Waals surface area contributed by atoms with Crippen LogP contribution in [0.2, 0.25) is 0 Å². The van der Waals surface area contributed by atoms with E-state index in [2.05, 4.69) is 36.2 Å². The Labute approximate surface area is 151 Å². The zero-order chi connectivity index (χ0) is 17.8. The van der Waals surface area contributed by atoms with Crippen molar-refractivity contribution in [1.29, 1.82) is 0 Å². The fourth-order valence-corrected chi connectivity index (χ4v) is 2.31. The van der Waals surface area contributed by atoms with Crippen LogP contribution in [-0.2, 0) is 0 Å². The summed E-state index contributed by atoms with van der Waals surface area (Å²) in [5, 5.41) is 14.4. The molecule has 1 aromatic carbocycles. The van der Waals surface area contributed by atoms with E-state index in [1.54, 1.807) is 36.4 Å². The molecule has 0 atom stereocenters. The van der Waals surface area contributed by atoms with Gasteiger partial charge in [0.05, 0.1) is 4.92 Å². The Morgan fingerprint density at radius 3 is 2.60 bits per heavy atom. The molecular weight excluding hydrogens is 390 g/mol. The minimum Gasteiger partial charge on any atom is -0.434 e. The Morgan fingerprint density at radius 2 is 1.92 bits per heavy atom. The third kappa shape index (κ3) is 4.07. The van der Waals surface area contributed by atoms with E-state index in [4.69, 9.17) is 4.74 Å². The van der Waals surface area contributed by atoms with Gasteiger partial charge in [0.15, 0.2) is 0 Å². The lowest BCUT2D eigenvalue weighted by Gasteiger charge is -2.09. The molecule has 0 aliphatic rings. The van der Waals surface area contributed by atoms with Gasteiger partial charge in [0.1, 0.15) is 17.9 Å². The zero-order valence-electron chi connectivity index (χ0n) is 13.0. The van der Waals surface area contributed by atoms with E-state index >= 15 is 0 Å². The molecular formula is C16H12BrN5O3. The van der Waals surface area contributed by atoms with E-state index in [1.807, 2.05) is 13.0 Å². The van der Waals surface area contributed by atoms with Crippen LogP contribution in [0.5, 0.6) is 11.6 Å². The molecule has 0 saturated carbocycles. The molecule has 3 aromatic rings. The molecule has 2 aromatic heterocycles. The first kappa shape index (κ1) is 16.8. The van der Waals surface area contributed by atoms with Gasteiger partial charge in [-0.05, 0) is 43.3 Å². The van der Waals surface area contributed by atoms with Gasteiger partial charge in [0, 0.05) is 10.2 Å². The second-order valence-corrected chi connectivity index (χ2v) is 5.89. The number of nitrogens with one attached hydrogen (secondary N) is 1. The number of hydrogen-bond donors (Lipinski definition) is 1. The van der Waals surface area contributed by atoms with Gasteiger partial charge in [0.2, 0.25) is 5.82 Å². The minimum atomic E-state index is -0.591. The lowest BCUT2D eigenvalue weighted by molar-refractivity contribution is -0.385. The normalized spacial score (nSPS) is 10.3. The molecule has 25 heavy (non-hydrogen) atoms. The van der Waals surface area contributed by atoms with Gasteiger partial charge in [-0.3, -0.25) is 10.1 Å². The van der Waals surface area contributed by atoms with Crippen molar-refractivity contribution in [3.63, 3.8) is 0 Å². The van der Waals surface area contributed by atoms with Gasteiger partial charge >= 0.3 is 11.6 Å². The molecule has 3 rings (SSSR count). The van der Waals surface area contributed by atoms with Crippen LogP contribution in [0.1, 0.15) is 5.69 Å². The SMILES string of the molecule is Cc1cccc(Nc2ncnc(Oc3ccc(Br)cc3)c2[N+](=O)[O-])n1. The summed E-state index contributed by atoms with van der Waals surface area (Å²) in [6, 6.07) is 12.2. The standard InChI is InChI=1S/C16H12BrN5O3/c1-10-3-2-4-13(20-10)21-15-14(22(23)24)16(19-9-18-15)25-12-7-5-11(17)6-8-12/h2-9H,1H3,(H,18,19,20,21). The first-order chi connectivity index (χ1) is 12.0. The van der Waals surface area contributed by atoms with E-state index in [-0.39, 0.29) is 17.4 Å². The molecule has 0 aliphatic heterocycles. The van der Waals surface area contributed by atoms with Gasteiger partial charge in [-0.2, -0.15) is 4.98 Å². The number of ether oxygens (including phenoxy) is 1. The Hall–Kier alpha value is -3.07. The molecule has 0 saturated heterocycles. The van der Waals surface area contributed by atoms with Gasteiger partial charge in [-0.15, -0.1) is 0 Å². The van der Waals surface area contributed by atoms with Gasteiger partial charge in [-0.1, -0.05) is 22.0 Å². The summed E-state index contributed by atoms with van der Waals surface area (Å²) in [7, 11) is 0. The number of aryl methyl sites for hydroxylation is 1.